The van der Waals surface area contributed by atoms with E-state index in [-0.39, 0.29) is 11.0 Å². The van der Waals surface area contributed by atoms with E-state index in [1.165, 1.54) is 19.3 Å². The van der Waals surface area contributed by atoms with Crippen molar-refractivity contribution in [3.8, 4) is 0 Å². The Balaban J connectivity index is 2.85. The molecule has 4 heteroatoms. The molecule has 0 bridgehead atoms. The Morgan fingerprint density at radius 1 is 1.38 bits per heavy atom. The zero-order valence-electron chi connectivity index (χ0n) is 10.4. The average Bonchev–Trinajstić information content (AvgIpc) is 2.62. The molecule has 16 heavy (non-hydrogen) atoms. The third kappa shape index (κ3) is 3.46. The van der Waals surface area contributed by atoms with Gasteiger partial charge in [0.2, 0.25) is 0 Å². The van der Waals surface area contributed by atoms with Crippen LogP contribution < -0.4 is 0 Å². The number of hydrogen-bond donors (Lipinski definition) is 0. The number of ether oxygens (including phenoxy) is 1. The first-order valence-corrected chi connectivity index (χ1v) is 8.90. The quantitative estimate of drug-likeness (QED) is 0.440. The minimum atomic E-state index is -0.0234. The molecular weight excluding hydrogens is 428 g/mol. The van der Waals surface area contributed by atoms with Gasteiger partial charge >= 0.3 is 0 Å². The van der Waals surface area contributed by atoms with E-state index >= 15 is 0 Å². The fourth-order valence-electron chi connectivity index (χ4n) is 1.76. The summed E-state index contributed by atoms with van der Waals surface area (Å²) >= 11 is 4.96. The van der Waals surface area contributed by atoms with Crippen LogP contribution in [-0.4, -0.2) is 26.9 Å². The van der Waals surface area contributed by atoms with Gasteiger partial charge < -0.3 is 4.74 Å². The van der Waals surface area contributed by atoms with Gasteiger partial charge in [0.05, 0.1) is 11.0 Å². The molecule has 1 rings (SSSR count). The van der Waals surface area contributed by atoms with Gasteiger partial charge in [-0.3, -0.25) is 0 Å². The number of unbranched alkanes of at least 4 members (excludes halogenated alkanes) is 1. The summed E-state index contributed by atoms with van der Waals surface area (Å²) in [7, 11) is 0. The molecule has 0 fully saturated rings. The van der Waals surface area contributed by atoms with E-state index in [4.69, 9.17) is 9.73 Å². The van der Waals surface area contributed by atoms with Gasteiger partial charge in [-0.25, -0.2) is 4.99 Å². The highest BCUT2D eigenvalue weighted by Crippen LogP contribution is 2.36. The molecule has 0 N–H and O–H groups in total. The molecule has 0 saturated carbocycles. The van der Waals surface area contributed by atoms with Crippen molar-refractivity contribution in [2.45, 2.75) is 45.6 Å². The van der Waals surface area contributed by atoms with Gasteiger partial charge in [0.15, 0.2) is 5.90 Å². The molecular formula is C12H21I2NO. The van der Waals surface area contributed by atoms with Crippen molar-refractivity contribution in [1.82, 2.24) is 0 Å². The molecule has 2 nitrogen and oxygen atoms in total. The highest BCUT2D eigenvalue weighted by Gasteiger charge is 2.40. The third-order valence-electron chi connectivity index (χ3n) is 2.94. The molecule has 94 valence electrons. The van der Waals surface area contributed by atoms with Crippen molar-refractivity contribution in [1.29, 1.82) is 0 Å². The second-order valence-electron chi connectivity index (χ2n) is 5.17. The molecule has 0 aromatic heterocycles. The van der Waals surface area contributed by atoms with Gasteiger partial charge in [0, 0.05) is 8.86 Å². The predicted octanol–water partition coefficient (Wildman–Crippen LogP) is 4.24. The summed E-state index contributed by atoms with van der Waals surface area (Å²) in [5, 5.41) is 0. The Hall–Kier alpha value is 0.930. The van der Waals surface area contributed by atoms with Gasteiger partial charge in [-0.2, -0.15) is 0 Å². The summed E-state index contributed by atoms with van der Waals surface area (Å²) in [6.07, 6.45) is 3.70. The van der Waals surface area contributed by atoms with E-state index < -0.39 is 0 Å². The van der Waals surface area contributed by atoms with Crippen LogP contribution >= 0.6 is 45.2 Å². The number of aliphatic imine (C=N–C) groups is 1. The Morgan fingerprint density at radius 2 is 2.00 bits per heavy atom. The SMILES string of the molecule is CCCCC(CI)(CI)C1=NC(C)(C)CO1. The van der Waals surface area contributed by atoms with Crippen molar-refractivity contribution in [3.63, 3.8) is 0 Å². The number of halogens is 2. The number of rotatable bonds is 6. The number of hydrogen-bond acceptors (Lipinski definition) is 2. The monoisotopic (exact) mass is 449 g/mol. The highest BCUT2D eigenvalue weighted by atomic mass is 127. The van der Waals surface area contributed by atoms with Crippen LogP contribution in [0.1, 0.15) is 40.0 Å². The van der Waals surface area contributed by atoms with Gasteiger partial charge in [0.1, 0.15) is 6.61 Å². The standard InChI is InChI=1S/C12H21I2NO/c1-4-5-6-12(7-13,8-14)10-15-11(2,3)9-16-10/h4-9H2,1-3H3. The molecule has 1 heterocycles. The lowest BCUT2D eigenvalue weighted by Gasteiger charge is -2.29. The third-order valence-corrected chi connectivity index (χ3v) is 5.86. The minimum Gasteiger partial charge on any atom is -0.478 e. The van der Waals surface area contributed by atoms with Crippen LogP contribution in [0, 0.1) is 5.41 Å². The summed E-state index contributed by atoms with van der Waals surface area (Å²) < 4.78 is 8.05. The first-order chi connectivity index (χ1) is 7.49. The predicted molar refractivity (Wildman–Crippen MR) is 87.2 cm³/mol. The fraction of sp³-hybridized carbons (Fsp3) is 0.917. The Bertz CT molecular complexity index is 260. The van der Waals surface area contributed by atoms with Crippen molar-refractivity contribution in [3.05, 3.63) is 0 Å². The maximum Gasteiger partial charge on any atom is 0.191 e. The normalized spacial score (nSPS) is 19.4. The molecule has 1 aliphatic heterocycles. The molecule has 0 unspecified atom stereocenters. The van der Waals surface area contributed by atoms with E-state index in [1.54, 1.807) is 0 Å². The topological polar surface area (TPSA) is 21.6 Å². The smallest absolute Gasteiger partial charge is 0.191 e. The number of alkyl halides is 2. The minimum absolute atomic E-state index is 0.0234. The summed E-state index contributed by atoms with van der Waals surface area (Å²) in [5.74, 6) is 1.01. The van der Waals surface area contributed by atoms with Crippen LogP contribution in [-0.2, 0) is 4.74 Å². The Morgan fingerprint density at radius 3 is 2.38 bits per heavy atom. The molecule has 0 aromatic carbocycles. The van der Waals surface area contributed by atoms with Crippen molar-refractivity contribution < 1.29 is 4.74 Å². The first kappa shape index (κ1) is 15.0. The lowest BCUT2D eigenvalue weighted by molar-refractivity contribution is 0.249. The molecule has 1 aliphatic rings. The maximum absolute atomic E-state index is 5.85. The first-order valence-electron chi connectivity index (χ1n) is 5.85. The molecule has 0 aliphatic carbocycles. The van der Waals surface area contributed by atoms with Crippen molar-refractivity contribution in [2.75, 3.05) is 15.5 Å². The summed E-state index contributed by atoms with van der Waals surface area (Å²) in [5.41, 5.74) is 0.148. The van der Waals surface area contributed by atoms with Crippen LogP contribution in [0.5, 0.6) is 0 Å². The van der Waals surface area contributed by atoms with Crippen LogP contribution in [0.3, 0.4) is 0 Å². The summed E-state index contributed by atoms with van der Waals surface area (Å²) in [6.45, 7) is 7.27. The van der Waals surface area contributed by atoms with Gasteiger partial charge in [0.25, 0.3) is 0 Å². The zero-order valence-corrected chi connectivity index (χ0v) is 14.7. The van der Waals surface area contributed by atoms with E-state index in [1.807, 2.05) is 0 Å². The van der Waals surface area contributed by atoms with Crippen molar-refractivity contribution >= 4 is 51.1 Å². The second-order valence-corrected chi connectivity index (χ2v) is 6.69. The molecule has 0 amide bonds. The Labute approximate surface area is 126 Å². The highest BCUT2D eigenvalue weighted by molar-refractivity contribution is 14.1. The lowest BCUT2D eigenvalue weighted by Crippen LogP contribution is -2.35. The van der Waals surface area contributed by atoms with Crippen LogP contribution in [0.4, 0.5) is 0 Å². The average molecular weight is 449 g/mol. The van der Waals surface area contributed by atoms with Gasteiger partial charge in [-0.05, 0) is 20.3 Å². The fourth-order valence-corrected chi connectivity index (χ4v) is 4.75. The molecule has 0 radical (unpaired) electrons. The second kappa shape index (κ2) is 6.20. The van der Waals surface area contributed by atoms with Gasteiger partial charge in [-0.1, -0.05) is 64.9 Å². The van der Waals surface area contributed by atoms with Gasteiger partial charge in [-0.15, -0.1) is 0 Å². The van der Waals surface area contributed by atoms with Crippen molar-refractivity contribution in [2.24, 2.45) is 10.4 Å². The lowest BCUT2D eigenvalue weighted by atomic mass is 9.87. The molecule has 0 saturated heterocycles. The zero-order chi connectivity index (χ0) is 12.2. The van der Waals surface area contributed by atoms with E-state index in [9.17, 15) is 0 Å². The summed E-state index contributed by atoms with van der Waals surface area (Å²) in [4.78, 5) is 4.77. The molecule has 0 spiro atoms. The van der Waals surface area contributed by atoms with Crippen LogP contribution in [0.15, 0.2) is 4.99 Å². The molecule has 0 aromatic rings. The van der Waals surface area contributed by atoms with E-state index in [0.29, 0.717) is 0 Å². The van der Waals surface area contributed by atoms with Crippen LogP contribution in [0.25, 0.3) is 0 Å². The van der Waals surface area contributed by atoms with Crippen LogP contribution in [0.2, 0.25) is 0 Å². The summed E-state index contributed by atoms with van der Waals surface area (Å²) in [6, 6.07) is 0. The number of nitrogens with zero attached hydrogens (tertiary/aromatic N) is 1. The Kier molecular flexibility index (Phi) is 5.81. The van der Waals surface area contributed by atoms with E-state index in [0.717, 1.165) is 21.4 Å². The van der Waals surface area contributed by atoms with E-state index in [2.05, 4.69) is 66.0 Å². The largest absolute Gasteiger partial charge is 0.478 e. The molecule has 0 atom stereocenters. The maximum atomic E-state index is 5.85.